The summed E-state index contributed by atoms with van der Waals surface area (Å²) >= 11 is 0. The van der Waals surface area contributed by atoms with Gasteiger partial charge in [-0.1, -0.05) is 54.6 Å². The molecule has 4 aromatic rings. The summed E-state index contributed by atoms with van der Waals surface area (Å²) in [7, 11) is 0. The molecule has 4 atom stereocenters. The number of anilines is 1. The standard InChI is InChI=1S/C33H30N4O11/c1-2-44-24(38)18-34-27-28(39)35-33(43)37(36-27)29-26(48-32(42)22-16-10-5-11-17-22)25(47-31(41)21-14-8-4-9-15-21)23(46-29)19-45-30(40)20-12-6-3-7-13-20/h3-17,23,25-26,29H,2,18-19H2,1H3,(H,34,36)(H,35,39,43)/t23-,25+,26+,29-/m0/s1. The zero-order chi connectivity index (χ0) is 34.0. The summed E-state index contributed by atoms with van der Waals surface area (Å²) in [6.45, 7) is 0.720. The summed E-state index contributed by atoms with van der Waals surface area (Å²) in [5, 5.41) is 6.54. The van der Waals surface area contributed by atoms with Gasteiger partial charge in [-0.15, -0.1) is 5.10 Å². The fourth-order valence-corrected chi connectivity index (χ4v) is 4.72. The van der Waals surface area contributed by atoms with Crippen LogP contribution in [0.1, 0.15) is 44.2 Å². The molecule has 5 rings (SSSR count). The minimum atomic E-state index is -1.63. The number of benzene rings is 3. The van der Waals surface area contributed by atoms with Crippen LogP contribution in [0.4, 0.5) is 5.82 Å². The number of esters is 4. The number of rotatable bonds is 12. The van der Waals surface area contributed by atoms with Gasteiger partial charge in [0.15, 0.2) is 18.4 Å². The number of hydrogen-bond donors (Lipinski definition) is 2. The molecule has 15 nitrogen and oxygen atoms in total. The molecule has 3 aromatic carbocycles. The Hall–Kier alpha value is -6.09. The molecule has 0 bridgehead atoms. The van der Waals surface area contributed by atoms with Crippen molar-refractivity contribution in [2.24, 2.45) is 0 Å². The van der Waals surface area contributed by atoms with Crippen LogP contribution in [-0.4, -0.2) is 76.7 Å². The monoisotopic (exact) mass is 658 g/mol. The number of aromatic nitrogens is 3. The smallest absolute Gasteiger partial charge is 0.347 e. The Morgan fingerprint density at radius 3 is 1.83 bits per heavy atom. The third kappa shape index (κ3) is 8.00. The van der Waals surface area contributed by atoms with E-state index in [1.165, 1.54) is 36.4 Å². The first-order valence-corrected chi connectivity index (χ1v) is 14.8. The van der Waals surface area contributed by atoms with Gasteiger partial charge in [0.2, 0.25) is 5.82 Å². The van der Waals surface area contributed by atoms with E-state index in [0.717, 1.165) is 0 Å². The lowest BCUT2D eigenvalue weighted by Crippen LogP contribution is -2.44. The summed E-state index contributed by atoms with van der Waals surface area (Å²) < 4.78 is 28.8. The quantitative estimate of drug-likeness (QED) is 0.166. The minimum Gasteiger partial charge on any atom is -0.465 e. The maximum atomic E-state index is 13.3. The fraction of sp³-hybridized carbons (Fsp3) is 0.242. The van der Waals surface area contributed by atoms with Gasteiger partial charge >= 0.3 is 29.6 Å². The average molecular weight is 659 g/mol. The van der Waals surface area contributed by atoms with Crippen LogP contribution in [0.25, 0.3) is 0 Å². The van der Waals surface area contributed by atoms with Crippen molar-refractivity contribution >= 4 is 29.7 Å². The number of nitrogens with one attached hydrogen (secondary N) is 2. The van der Waals surface area contributed by atoms with Crippen molar-refractivity contribution in [2.45, 2.75) is 31.5 Å². The van der Waals surface area contributed by atoms with Crippen LogP contribution in [0.5, 0.6) is 0 Å². The van der Waals surface area contributed by atoms with Crippen LogP contribution in [0, 0.1) is 0 Å². The van der Waals surface area contributed by atoms with Crippen molar-refractivity contribution in [1.82, 2.24) is 14.8 Å². The van der Waals surface area contributed by atoms with E-state index in [0.29, 0.717) is 4.68 Å². The Bertz CT molecular complexity index is 1860. The van der Waals surface area contributed by atoms with Crippen LogP contribution in [0.15, 0.2) is 101 Å². The van der Waals surface area contributed by atoms with Crippen molar-refractivity contribution in [3.05, 3.63) is 129 Å². The number of H-pyrrole nitrogens is 1. The summed E-state index contributed by atoms with van der Waals surface area (Å²) in [5.41, 5.74) is -1.53. The van der Waals surface area contributed by atoms with E-state index in [1.54, 1.807) is 61.5 Å². The Balaban J connectivity index is 1.53. The fourth-order valence-electron chi connectivity index (χ4n) is 4.72. The van der Waals surface area contributed by atoms with E-state index in [4.69, 9.17) is 23.7 Å². The van der Waals surface area contributed by atoms with Crippen molar-refractivity contribution in [1.29, 1.82) is 0 Å². The zero-order valence-corrected chi connectivity index (χ0v) is 25.5. The van der Waals surface area contributed by atoms with Gasteiger partial charge in [0.05, 0.1) is 23.3 Å². The molecule has 0 unspecified atom stereocenters. The molecule has 15 heteroatoms. The van der Waals surface area contributed by atoms with Crippen LogP contribution < -0.4 is 16.6 Å². The lowest BCUT2D eigenvalue weighted by molar-refractivity contribution is -0.140. The number of carbonyl (C=O) groups is 4. The van der Waals surface area contributed by atoms with Gasteiger partial charge in [-0.2, -0.15) is 4.68 Å². The van der Waals surface area contributed by atoms with E-state index >= 15 is 0 Å². The number of nitrogens with zero attached hydrogens (tertiary/aromatic N) is 2. The van der Waals surface area contributed by atoms with Crippen molar-refractivity contribution in [3.8, 4) is 0 Å². The molecule has 248 valence electrons. The average Bonchev–Trinajstić information content (AvgIpc) is 3.43. The summed E-state index contributed by atoms with van der Waals surface area (Å²) in [6, 6.07) is 23.9. The van der Waals surface area contributed by atoms with Crippen molar-refractivity contribution in [3.63, 3.8) is 0 Å². The Morgan fingerprint density at radius 1 is 0.771 bits per heavy atom. The first kappa shape index (κ1) is 33.3. The van der Waals surface area contributed by atoms with E-state index in [2.05, 4.69) is 15.4 Å². The molecule has 0 aliphatic carbocycles. The van der Waals surface area contributed by atoms with Crippen molar-refractivity contribution in [2.75, 3.05) is 25.1 Å². The molecule has 2 heterocycles. The third-order valence-corrected chi connectivity index (χ3v) is 6.98. The number of ether oxygens (including phenoxy) is 5. The van der Waals surface area contributed by atoms with Gasteiger partial charge in [0.1, 0.15) is 19.3 Å². The number of hydrogen-bond acceptors (Lipinski definition) is 13. The van der Waals surface area contributed by atoms with Gasteiger partial charge in [0.25, 0.3) is 5.56 Å². The highest BCUT2D eigenvalue weighted by Crippen LogP contribution is 2.34. The predicted octanol–water partition coefficient (Wildman–Crippen LogP) is 2.11. The van der Waals surface area contributed by atoms with E-state index in [1.807, 2.05) is 0 Å². The SMILES string of the molecule is CCOC(=O)CNc1nn([C@H]2O[C@@H](COC(=O)c3ccccc3)[C@@H](OC(=O)c3ccccc3)[C@H]2OC(=O)c2ccccc2)c(=O)[nH]c1=O. The van der Waals surface area contributed by atoms with Gasteiger partial charge in [-0.25, -0.2) is 19.2 Å². The predicted molar refractivity (Wildman–Crippen MR) is 166 cm³/mol. The maximum absolute atomic E-state index is 13.3. The molecule has 1 aromatic heterocycles. The molecule has 0 amide bonds. The highest BCUT2D eigenvalue weighted by atomic mass is 16.7. The summed E-state index contributed by atoms with van der Waals surface area (Å²) in [4.78, 5) is 79.2. The maximum Gasteiger partial charge on any atom is 0.347 e. The topological polar surface area (TPSA) is 194 Å². The lowest BCUT2D eigenvalue weighted by atomic mass is 10.1. The molecule has 2 N–H and O–H groups in total. The highest BCUT2D eigenvalue weighted by molar-refractivity contribution is 5.91. The normalized spacial score (nSPS) is 18.4. The van der Waals surface area contributed by atoms with Gasteiger partial charge < -0.3 is 29.0 Å². The van der Waals surface area contributed by atoms with E-state index in [9.17, 15) is 28.8 Å². The van der Waals surface area contributed by atoms with E-state index in [-0.39, 0.29) is 23.3 Å². The molecule has 0 saturated carbocycles. The van der Waals surface area contributed by atoms with Crippen molar-refractivity contribution < 1.29 is 42.9 Å². The van der Waals surface area contributed by atoms with Crippen LogP contribution >= 0.6 is 0 Å². The van der Waals surface area contributed by atoms with Crippen LogP contribution in [0.2, 0.25) is 0 Å². The molecule has 1 aliphatic heterocycles. The Morgan fingerprint density at radius 2 is 1.29 bits per heavy atom. The Labute approximate surface area is 272 Å². The minimum absolute atomic E-state index is 0.0908. The van der Waals surface area contributed by atoms with E-state index < -0.39 is 78.6 Å². The largest absolute Gasteiger partial charge is 0.465 e. The summed E-state index contributed by atoms with van der Waals surface area (Å²) in [6.07, 6.45) is -5.96. The Kier molecular flexibility index (Phi) is 10.7. The molecule has 1 saturated heterocycles. The second kappa shape index (κ2) is 15.5. The second-order valence-corrected chi connectivity index (χ2v) is 10.2. The molecule has 1 fully saturated rings. The molecular weight excluding hydrogens is 628 g/mol. The molecule has 1 aliphatic rings. The first-order valence-electron chi connectivity index (χ1n) is 14.8. The molecule has 48 heavy (non-hydrogen) atoms. The highest BCUT2D eigenvalue weighted by Gasteiger charge is 2.52. The number of carbonyl (C=O) groups excluding carboxylic acids is 4. The van der Waals surface area contributed by atoms with Gasteiger partial charge in [0, 0.05) is 0 Å². The number of aromatic amines is 1. The van der Waals surface area contributed by atoms with Gasteiger partial charge in [-0.3, -0.25) is 14.6 Å². The lowest BCUT2D eigenvalue weighted by Gasteiger charge is -2.24. The van der Waals surface area contributed by atoms with Crippen LogP contribution in [-0.2, 0) is 28.5 Å². The van der Waals surface area contributed by atoms with Gasteiger partial charge in [-0.05, 0) is 43.3 Å². The third-order valence-electron chi connectivity index (χ3n) is 6.98. The first-order chi connectivity index (χ1) is 23.2. The molecule has 0 radical (unpaired) electrons. The molecular formula is C33H30N4O11. The second-order valence-electron chi connectivity index (χ2n) is 10.2. The molecule has 0 spiro atoms. The zero-order valence-electron chi connectivity index (χ0n) is 25.5. The summed E-state index contributed by atoms with van der Waals surface area (Å²) in [5.74, 6) is -3.58. The van der Waals surface area contributed by atoms with Crippen LogP contribution in [0.3, 0.4) is 0 Å².